The fraction of sp³-hybridized carbons (Fsp3) is 0.368. The Morgan fingerprint density at radius 2 is 2.20 bits per heavy atom. The molecule has 2 heterocycles. The third-order valence-corrected chi connectivity index (χ3v) is 4.89. The SMILES string of the molecule is Cc1ccc2oc(C(=O)N[C@@H](c3cnn(C)c3)C3CC(O)C3)cc2c1. The molecule has 1 aromatic carbocycles. The molecule has 1 saturated carbocycles. The lowest BCUT2D eigenvalue weighted by atomic mass is 9.75. The Hall–Kier alpha value is -2.60. The minimum atomic E-state index is -0.282. The van der Waals surface area contributed by atoms with Gasteiger partial charge in [0.1, 0.15) is 5.58 Å². The predicted molar refractivity (Wildman–Crippen MR) is 93.1 cm³/mol. The van der Waals surface area contributed by atoms with Crippen molar-refractivity contribution < 1.29 is 14.3 Å². The molecule has 0 spiro atoms. The first-order valence-electron chi connectivity index (χ1n) is 8.47. The number of hydrogen-bond donors (Lipinski definition) is 2. The maximum atomic E-state index is 12.7. The minimum Gasteiger partial charge on any atom is -0.451 e. The molecular formula is C19H21N3O3. The van der Waals surface area contributed by atoms with Crippen molar-refractivity contribution in [3.63, 3.8) is 0 Å². The summed E-state index contributed by atoms with van der Waals surface area (Å²) < 4.78 is 7.41. The monoisotopic (exact) mass is 339 g/mol. The van der Waals surface area contributed by atoms with Crippen molar-refractivity contribution in [3.05, 3.63) is 53.5 Å². The smallest absolute Gasteiger partial charge is 0.287 e. The number of aryl methyl sites for hydroxylation is 2. The number of fused-ring (bicyclic) bond motifs is 1. The maximum absolute atomic E-state index is 12.7. The van der Waals surface area contributed by atoms with Gasteiger partial charge in [0.2, 0.25) is 0 Å². The van der Waals surface area contributed by atoms with Crippen molar-refractivity contribution in [2.75, 3.05) is 0 Å². The average Bonchev–Trinajstić information content (AvgIpc) is 3.15. The van der Waals surface area contributed by atoms with Gasteiger partial charge in [0.05, 0.1) is 18.3 Å². The van der Waals surface area contributed by atoms with Crippen molar-refractivity contribution in [2.45, 2.75) is 31.9 Å². The lowest BCUT2D eigenvalue weighted by Gasteiger charge is -2.37. The number of benzene rings is 1. The van der Waals surface area contributed by atoms with E-state index in [0.717, 1.165) is 16.5 Å². The van der Waals surface area contributed by atoms with Gasteiger partial charge in [-0.05, 0) is 43.9 Å². The number of aliphatic hydroxyl groups excluding tert-OH is 1. The Bertz CT molecular complexity index is 921. The van der Waals surface area contributed by atoms with Crippen LogP contribution in [0.3, 0.4) is 0 Å². The van der Waals surface area contributed by atoms with Crippen molar-refractivity contribution in [2.24, 2.45) is 13.0 Å². The van der Waals surface area contributed by atoms with Crippen LogP contribution in [0.5, 0.6) is 0 Å². The summed E-state index contributed by atoms with van der Waals surface area (Å²) in [6, 6.07) is 7.42. The van der Waals surface area contributed by atoms with Crippen LogP contribution in [0.1, 0.15) is 40.6 Å². The number of nitrogens with one attached hydrogen (secondary N) is 1. The Balaban J connectivity index is 1.58. The van der Waals surface area contributed by atoms with Gasteiger partial charge in [-0.25, -0.2) is 0 Å². The molecule has 0 unspecified atom stereocenters. The van der Waals surface area contributed by atoms with Gasteiger partial charge in [0, 0.05) is 24.2 Å². The average molecular weight is 339 g/mol. The largest absolute Gasteiger partial charge is 0.451 e. The summed E-state index contributed by atoms with van der Waals surface area (Å²) in [4.78, 5) is 12.7. The van der Waals surface area contributed by atoms with E-state index in [0.29, 0.717) is 24.2 Å². The van der Waals surface area contributed by atoms with Crippen molar-refractivity contribution in [1.29, 1.82) is 0 Å². The number of carbonyl (C=O) groups is 1. The molecule has 0 aliphatic heterocycles. The van der Waals surface area contributed by atoms with Crippen LogP contribution in [0.2, 0.25) is 0 Å². The van der Waals surface area contributed by atoms with Crippen LogP contribution in [-0.4, -0.2) is 26.9 Å². The lowest BCUT2D eigenvalue weighted by molar-refractivity contribution is 0.0232. The summed E-state index contributed by atoms with van der Waals surface area (Å²) >= 11 is 0. The molecule has 1 fully saturated rings. The van der Waals surface area contributed by atoms with Gasteiger partial charge in [-0.15, -0.1) is 0 Å². The molecule has 6 heteroatoms. The van der Waals surface area contributed by atoms with Crippen LogP contribution in [-0.2, 0) is 7.05 Å². The number of hydrogen-bond acceptors (Lipinski definition) is 4. The van der Waals surface area contributed by atoms with Gasteiger partial charge in [0.25, 0.3) is 5.91 Å². The zero-order chi connectivity index (χ0) is 17.6. The molecule has 6 nitrogen and oxygen atoms in total. The summed E-state index contributed by atoms with van der Waals surface area (Å²) in [6.45, 7) is 2.01. The summed E-state index contributed by atoms with van der Waals surface area (Å²) in [7, 11) is 1.85. The van der Waals surface area contributed by atoms with Crippen LogP contribution in [0.15, 0.2) is 41.1 Å². The first-order valence-corrected chi connectivity index (χ1v) is 8.47. The van der Waals surface area contributed by atoms with Crippen LogP contribution < -0.4 is 5.32 Å². The van der Waals surface area contributed by atoms with Gasteiger partial charge < -0.3 is 14.8 Å². The van der Waals surface area contributed by atoms with Crippen LogP contribution in [0.25, 0.3) is 11.0 Å². The quantitative estimate of drug-likeness (QED) is 0.766. The van der Waals surface area contributed by atoms with Gasteiger partial charge in [0.15, 0.2) is 5.76 Å². The summed E-state index contributed by atoms with van der Waals surface area (Å²) in [5.41, 5.74) is 2.77. The molecule has 3 aromatic rings. The minimum absolute atomic E-state index is 0.181. The topological polar surface area (TPSA) is 80.3 Å². The second-order valence-corrected chi connectivity index (χ2v) is 6.94. The number of aliphatic hydroxyl groups is 1. The molecule has 1 aliphatic rings. The molecule has 0 saturated heterocycles. The molecule has 4 rings (SSSR count). The molecule has 0 radical (unpaired) electrons. The van der Waals surface area contributed by atoms with E-state index < -0.39 is 0 Å². The second kappa shape index (κ2) is 6.04. The first kappa shape index (κ1) is 15.9. The number of nitrogens with zero attached hydrogens (tertiary/aromatic N) is 2. The third kappa shape index (κ3) is 3.05. The molecule has 1 amide bonds. The highest BCUT2D eigenvalue weighted by atomic mass is 16.3. The Labute approximate surface area is 145 Å². The van der Waals surface area contributed by atoms with E-state index in [-0.39, 0.29) is 24.0 Å². The lowest BCUT2D eigenvalue weighted by Crippen LogP contribution is -2.41. The third-order valence-electron chi connectivity index (χ3n) is 4.89. The molecule has 1 aliphatic carbocycles. The van der Waals surface area contributed by atoms with E-state index in [1.807, 2.05) is 38.4 Å². The van der Waals surface area contributed by atoms with Crippen LogP contribution in [0, 0.1) is 12.8 Å². The molecule has 25 heavy (non-hydrogen) atoms. The molecule has 130 valence electrons. The Morgan fingerprint density at radius 1 is 1.40 bits per heavy atom. The summed E-state index contributed by atoms with van der Waals surface area (Å²) in [6.07, 6.45) is 4.74. The van der Waals surface area contributed by atoms with E-state index in [2.05, 4.69) is 10.4 Å². The Kier molecular flexibility index (Phi) is 3.84. The predicted octanol–water partition coefficient (Wildman–Crippen LogP) is 2.72. The Morgan fingerprint density at radius 3 is 2.88 bits per heavy atom. The van der Waals surface area contributed by atoms with E-state index in [4.69, 9.17) is 4.42 Å². The van der Waals surface area contributed by atoms with Crippen LogP contribution >= 0.6 is 0 Å². The molecule has 1 atom stereocenters. The fourth-order valence-electron chi connectivity index (χ4n) is 3.46. The number of furan rings is 1. The zero-order valence-corrected chi connectivity index (χ0v) is 14.3. The van der Waals surface area contributed by atoms with E-state index in [1.165, 1.54) is 0 Å². The van der Waals surface area contributed by atoms with Gasteiger partial charge in [-0.2, -0.15) is 5.10 Å². The first-order chi connectivity index (χ1) is 12.0. The molecule has 2 N–H and O–H groups in total. The molecule has 2 aromatic heterocycles. The van der Waals surface area contributed by atoms with Crippen molar-refractivity contribution in [1.82, 2.24) is 15.1 Å². The number of amides is 1. The van der Waals surface area contributed by atoms with Gasteiger partial charge in [-0.3, -0.25) is 9.48 Å². The van der Waals surface area contributed by atoms with E-state index >= 15 is 0 Å². The van der Waals surface area contributed by atoms with Gasteiger partial charge in [-0.1, -0.05) is 11.6 Å². The molecule has 0 bridgehead atoms. The number of aromatic nitrogens is 2. The standard InChI is InChI=1S/C19H21N3O3/c1-11-3-4-16-12(5-11)8-17(25-16)19(24)21-18(13-6-15(23)7-13)14-9-20-22(2)10-14/h3-5,8-10,13,15,18,23H,6-7H2,1-2H3,(H,21,24)/t13?,15?,18-/m1/s1. The fourth-order valence-corrected chi connectivity index (χ4v) is 3.46. The van der Waals surface area contributed by atoms with Gasteiger partial charge >= 0.3 is 0 Å². The number of carbonyl (C=O) groups excluding carboxylic acids is 1. The molecular weight excluding hydrogens is 318 g/mol. The van der Waals surface area contributed by atoms with E-state index in [9.17, 15) is 9.90 Å². The highest BCUT2D eigenvalue weighted by Gasteiger charge is 2.36. The number of rotatable bonds is 4. The van der Waals surface area contributed by atoms with Crippen molar-refractivity contribution in [3.8, 4) is 0 Å². The second-order valence-electron chi connectivity index (χ2n) is 6.94. The highest BCUT2D eigenvalue weighted by Crippen LogP contribution is 2.38. The van der Waals surface area contributed by atoms with Crippen molar-refractivity contribution >= 4 is 16.9 Å². The van der Waals surface area contributed by atoms with Crippen LogP contribution in [0.4, 0.5) is 0 Å². The van der Waals surface area contributed by atoms with E-state index in [1.54, 1.807) is 16.9 Å². The maximum Gasteiger partial charge on any atom is 0.287 e. The summed E-state index contributed by atoms with van der Waals surface area (Å²) in [5.74, 6) is 0.258. The normalized spacial score (nSPS) is 21.1. The summed E-state index contributed by atoms with van der Waals surface area (Å²) in [5, 5.41) is 17.8. The zero-order valence-electron chi connectivity index (χ0n) is 14.3. The highest BCUT2D eigenvalue weighted by molar-refractivity contribution is 5.96.